The van der Waals surface area contributed by atoms with Gasteiger partial charge in [-0.3, -0.25) is 4.79 Å². The summed E-state index contributed by atoms with van der Waals surface area (Å²) in [5.74, 6) is -0.770. The number of piperidine rings is 1. The molecule has 1 aliphatic rings. The van der Waals surface area contributed by atoms with Gasteiger partial charge in [0, 0.05) is 30.6 Å². The van der Waals surface area contributed by atoms with E-state index in [1.54, 1.807) is 23.6 Å². The Labute approximate surface area is 129 Å². The standard InChI is InChI=1S/C14H14N2O3S2/c17-13(10-3-4-11(21-10)14(18)19)16-6-1-2-9(8-16)12-15-5-7-20-12/h3-5,7,9H,1-2,6,8H2,(H,18,19)/t9-/m1/s1. The number of carbonyl (C=O) groups is 2. The van der Waals surface area contributed by atoms with Crippen LogP contribution in [-0.4, -0.2) is 40.0 Å². The number of hydrogen-bond donors (Lipinski definition) is 1. The summed E-state index contributed by atoms with van der Waals surface area (Å²) in [6.07, 6.45) is 3.79. The second-order valence-electron chi connectivity index (χ2n) is 4.93. The molecular formula is C14H14N2O3S2. The molecule has 5 nitrogen and oxygen atoms in total. The van der Waals surface area contributed by atoms with E-state index in [1.165, 1.54) is 6.07 Å². The van der Waals surface area contributed by atoms with Crippen molar-refractivity contribution in [1.29, 1.82) is 0 Å². The van der Waals surface area contributed by atoms with E-state index in [9.17, 15) is 9.59 Å². The third-order valence-electron chi connectivity index (χ3n) is 3.54. The van der Waals surface area contributed by atoms with Gasteiger partial charge in [0.2, 0.25) is 0 Å². The molecule has 0 radical (unpaired) electrons. The summed E-state index contributed by atoms with van der Waals surface area (Å²) in [7, 11) is 0. The summed E-state index contributed by atoms with van der Waals surface area (Å²) in [6.45, 7) is 1.38. The number of likely N-dealkylation sites (tertiary alicyclic amines) is 1. The minimum Gasteiger partial charge on any atom is -0.477 e. The molecule has 0 bridgehead atoms. The third-order valence-corrected chi connectivity index (χ3v) is 5.54. The Morgan fingerprint density at radius 2 is 2.14 bits per heavy atom. The molecule has 0 aromatic carbocycles. The fourth-order valence-corrected chi connectivity index (χ4v) is 4.10. The van der Waals surface area contributed by atoms with Gasteiger partial charge in [-0.05, 0) is 25.0 Å². The topological polar surface area (TPSA) is 70.5 Å². The molecule has 1 saturated heterocycles. The molecule has 2 aromatic heterocycles. The molecule has 0 unspecified atom stereocenters. The summed E-state index contributed by atoms with van der Waals surface area (Å²) < 4.78 is 0. The molecule has 0 spiro atoms. The number of carboxylic acids is 1. The van der Waals surface area contributed by atoms with Gasteiger partial charge in [-0.1, -0.05) is 0 Å². The lowest BCUT2D eigenvalue weighted by Gasteiger charge is -2.31. The lowest BCUT2D eigenvalue weighted by Crippen LogP contribution is -2.38. The van der Waals surface area contributed by atoms with Gasteiger partial charge < -0.3 is 10.0 Å². The maximum absolute atomic E-state index is 12.5. The Morgan fingerprint density at radius 3 is 2.81 bits per heavy atom. The fourth-order valence-electron chi connectivity index (χ4n) is 2.52. The molecule has 1 amide bonds. The van der Waals surface area contributed by atoms with Crippen LogP contribution in [0.4, 0.5) is 0 Å². The number of carbonyl (C=O) groups excluding carboxylic acids is 1. The van der Waals surface area contributed by atoms with Crippen LogP contribution in [0.1, 0.15) is 43.1 Å². The van der Waals surface area contributed by atoms with Crippen LogP contribution < -0.4 is 0 Å². The minimum atomic E-state index is -0.988. The molecule has 1 atom stereocenters. The molecule has 1 aliphatic heterocycles. The number of aromatic carboxylic acids is 1. The second kappa shape index (κ2) is 5.95. The highest BCUT2D eigenvalue weighted by Crippen LogP contribution is 2.29. The summed E-state index contributed by atoms with van der Waals surface area (Å²) >= 11 is 2.66. The summed E-state index contributed by atoms with van der Waals surface area (Å²) in [4.78, 5) is 30.2. The Kier molecular flexibility index (Phi) is 4.03. The van der Waals surface area contributed by atoms with E-state index in [-0.39, 0.29) is 10.8 Å². The maximum Gasteiger partial charge on any atom is 0.345 e. The molecule has 0 saturated carbocycles. The van der Waals surface area contributed by atoms with Crippen LogP contribution in [0.25, 0.3) is 0 Å². The first-order valence-electron chi connectivity index (χ1n) is 6.67. The van der Waals surface area contributed by atoms with Crippen LogP contribution in [0, 0.1) is 0 Å². The average Bonchev–Trinajstić information content (AvgIpc) is 3.18. The summed E-state index contributed by atoms with van der Waals surface area (Å²) in [5.41, 5.74) is 0. The SMILES string of the molecule is O=C(O)c1ccc(C(=O)N2CCC[C@@H](c3nccs3)C2)s1. The van der Waals surface area contributed by atoms with E-state index < -0.39 is 5.97 Å². The largest absolute Gasteiger partial charge is 0.477 e. The predicted octanol–water partition coefficient (Wildman–Crippen LogP) is 2.92. The summed E-state index contributed by atoms with van der Waals surface area (Å²) in [5, 5.41) is 12.0. The highest BCUT2D eigenvalue weighted by molar-refractivity contribution is 7.15. The minimum absolute atomic E-state index is 0.0752. The van der Waals surface area contributed by atoms with Crippen LogP contribution in [0.5, 0.6) is 0 Å². The van der Waals surface area contributed by atoms with Gasteiger partial charge in [0.25, 0.3) is 5.91 Å². The fraction of sp³-hybridized carbons (Fsp3) is 0.357. The zero-order valence-corrected chi connectivity index (χ0v) is 12.8. The number of amides is 1. The number of nitrogens with zero attached hydrogens (tertiary/aromatic N) is 2. The average molecular weight is 322 g/mol. The van der Waals surface area contributed by atoms with E-state index in [1.807, 2.05) is 10.3 Å². The Morgan fingerprint density at radius 1 is 1.33 bits per heavy atom. The number of rotatable bonds is 3. The summed E-state index contributed by atoms with van der Waals surface area (Å²) in [6, 6.07) is 3.09. The van der Waals surface area contributed by atoms with Crippen molar-refractivity contribution in [2.24, 2.45) is 0 Å². The molecular weight excluding hydrogens is 308 g/mol. The second-order valence-corrected chi connectivity index (χ2v) is 6.94. The van der Waals surface area contributed by atoms with Crippen molar-refractivity contribution in [2.75, 3.05) is 13.1 Å². The van der Waals surface area contributed by atoms with Gasteiger partial charge in [0.1, 0.15) is 4.88 Å². The first kappa shape index (κ1) is 14.2. The lowest BCUT2D eigenvalue weighted by atomic mass is 9.98. The van der Waals surface area contributed by atoms with Crippen molar-refractivity contribution in [3.8, 4) is 0 Å². The van der Waals surface area contributed by atoms with Crippen LogP contribution in [0.15, 0.2) is 23.7 Å². The zero-order chi connectivity index (χ0) is 14.8. The first-order valence-corrected chi connectivity index (χ1v) is 8.36. The molecule has 1 N–H and O–H groups in total. The molecule has 0 aliphatic carbocycles. The maximum atomic E-state index is 12.5. The Hall–Kier alpha value is -1.73. The molecule has 3 rings (SSSR count). The van der Waals surface area contributed by atoms with Crippen LogP contribution in [-0.2, 0) is 0 Å². The first-order chi connectivity index (χ1) is 10.1. The van der Waals surface area contributed by atoms with Gasteiger partial charge in [-0.15, -0.1) is 22.7 Å². The number of hydrogen-bond acceptors (Lipinski definition) is 5. The molecule has 2 aromatic rings. The van der Waals surface area contributed by atoms with Gasteiger partial charge >= 0.3 is 5.97 Å². The van der Waals surface area contributed by atoms with Gasteiger partial charge in [-0.2, -0.15) is 0 Å². The van der Waals surface area contributed by atoms with Crippen LogP contribution in [0.3, 0.4) is 0 Å². The highest BCUT2D eigenvalue weighted by atomic mass is 32.1. The van der Waals surface area contributed by atoms with Crippen molar-refractivity contribution < 1.29 is 14.7 Å². The molecule has 21 heavy (non-hydrogen) atoms. The van der Waals surface area contributed by atoms with E-state index in [4.69, 9.17) is 5.11 Å². The van der Waals surface area contributed by atoms with E-state index in [0.29, 0.717) is 17.3 Å². The molecule has 1 fully saturated rings. The molecule has 3 heterocycles. The van der Waals surface area contributed by atoms with E-state index >= 15 is 0 Å². The monoisotopic (exact) mass is 322 g/mol. The molecule has 110 valence electrons. The van der Waals surface area contributed by atoms with Crippen molar-refractivity contribution in [3.05, 3.63) is 38.5 Å². The zero-order valence-electron chi connectivity index (χ0n) is 11.2. The van der Waals surface area contributed by atoms with Crippen LogP contribution in [0.2, 0.25) is 0 Å². The normalized spacial score (nSPS) is 18.7. The van der Waals surface area contributed by atoms with Crippen molar-refractivity contribution in [3.63, 3.8) is 0 Å². The number of thiophene rings is 1. The third kappa shape index (κ3) is 2.98. The number of thiazole rings is 1. The van der Waals surface area contributed by atoms with Crippen molar-refractivity contribution in [2.45, 2.75) is 18.8 Å². The lowest BCUT2D eigenvalue weighted by molar-refractivity contribution is 0.0698. The van der Waals surface area contributed by atoms with Crippen molar-refractivity contribution in [1.82, 2.24) is 9.88 Å². The molecule has 7 heteroatoms. The Bertz CT molecular complexity index is 651. The van der Waals surface area contributed by atoms with Crippen molar-refractivity contribution >= 4 is 34.6 Å². The van der Waals surface area contributed by atoms with Crippen LogP contribution >= 0.6 is 22.7 Å². The smallest absolute Gasteiger partial charge is 0.345 e. The van der Waals surface area contributed by atoms with Gasteiger partial charge in [0.05, 0.1) is 9.88 Å². The van der Waals surface area contributed by atoms with E-state index in [0.717, 1.165) is 35.7 Å². The van der Waals surface area contributed by atoms with Gasteiger partial charge in [0.15, 0.2) is 0 Å². The van der Waals surface area contributed by atoms with E-state index in [2.05, 4.69) is 4.98 Å². The predicted molar refractivity (Wildman–Crippen MR) is 81.3 cm³/mol. The number of carboxylic acid groups (broad SMARTS) is 1. The number of aromatic nitrogens is 1. The Balaban J connectivity index is 1.73. The quantitative estimate of drug-likeness (QED) is 0.943. The highest BCUT2D eigenvalue weighted by Gasteiger charge is 2.27. The van der Waals surface area contributed by atoms with Gasteiger partial charge in [-0.25, -0.2) is 9.78 Å².